The predicted octanol–water partition coefficient (Wildman–Crippen LogP) is 4.73. The number of aliphatic hydroxyl groups excluding tert-OH is 2. The Hall–Kier alpha value is 1.80. The molecule has 4 nitrogen and oxygen atoms in total. The predicted molar refractivity (Wildman–Crippen MR) is 120 cm³/mol. The normalized spacial score (nSPS) is 34.0. The molecule has 175 valence electrons. The monoisotopic (exact) mass is 688 g/mol. The van der Waals surface area contributed by atoms with E-state index in [1.807, 2.05) is 20.3 Å². The van der Waals surface area contributed by atoms with Crippen LogP contribution in [0.1, 0.15) is 74.7 Å². The molecule has 2 saturated heterocycles. The minimum atomic E-state index is -0.377. The van der Waals surface area contributed by atoms with Gasteiger partial charge in [-0.2, -0.15) is 0 Å². The van der Waals surface area contributed by atoms with Crippen molar-refractivity contribution < 1.29 is 73.5 Å². The van der Waals surface area contributed by atoms with E-state index in [0.717, 1.165) is 25.4 Å². The number of rotatable bonds is 5. The topological polar surface area (TPSA) is 58.9 Å². The van der Waals surface area contributed by atoms with Crippen molar-refractivity contribution in [3.8, 4) is 0 Å². The van der Waals surface area contributed by atoms with Crippen molar-refractivity contribution in [2.45, 2.75) is 111 Å². The van der Waals surface area contributed by atoms with E-state index in [9.17, 15) is 10.2 Å². The molecule has 1 radical (unpaired) electrons. The van der Waals surface area contributed by atoms with Crippen LogP contribution in [-0.2, 0) is 63.2 Å². The zero-order valence-electron chi connectivity index (χ0n) is 20.3. The Kier molecular flexibility index (Phi) is 16.9. The zero-order chi connectivity index (χ0) is 21.7. The largest absolute Gasteiger partial charge is 0.422 e. The summed E-state index contributed by atoms with van der Waals surface area (Å²) in [5.41, 5.74) is 0.518. The summed E-state index contributed by atoms with van der Waals surface area (Å²) in [6, 6.07) is 0. The molecule has 2 aliphatic rings. The van der Waals surface area contributed by atoms with E-state index < -0.39 is 0 Å². The van der Waals surface area contributed by atoms with Gasteiger partial charge >= 0.3 is 0 Å². The van der Waals surface area contributed by atoms with E-state index in [2.05, 4.69) is 47.8 Å². The van der Waals surface area contributed by atoms with Crippen molar-refractivity contribution in [2.75, 3.05) is 6.16 Å². The van der Waals surface area contributed by atoms with E-state index >= 15 is 0 Å². The second kappa shape index (κ2) is 14.9. The van der Waals surface area contributed by atoms with Gasteiger partial charge in [-0.05, 0) is 49.8 Å². The minimum Gasteiger partial charge on any atom is -0.422 e. The SMILES string of the molecule is C=PCCC1OC(C)[C@H](O)[C@@H]1CC(C)(C)C.CC1OC(CC(C)(C)C)[CH-][C@H]1O.[W].[Y]. The van der Waals surface area contributed by atoms with E-state index in [0.29, 0.717) is 0 Å². The van der Waals surface area contributed by atoms with Gasteiger partial charge < -0.3 is 19.7 Å². The molecular formula is C23H44O4PWY-. The molecule has 4 unspecified atom stereocenters. The summed E-state index contributed by atoms with van der Waals surface area (Å²) in [5.74, 6) is 0.289. The van der Waals surface area contributed by atoms with E-state index in [-0.39, 0.29) is 107 Å². The van der Waals surface area contributed by atoms with Crippen molar-refractivity contribution in [1.29, 1.82) is 0 Å². The Morgan fingerprint density at radius 3 is 1.87 bits per heavy atom. The second-order valence-corrected chi connectivity index (χ2v) is 11.8. The zero-order valence-corrected chi connectivity index (χ0v) is 27.0. The molecule has 0 aliphatic carbocycles. The fourth-order valence-corrected chi connectivity index (χ4v) is 4.42. The maximum absolute atomic E-state index is 10.1. The molecule has 0 aromatic heterocycles. The summed E-state index contributed by atoms with van der Waals surface area (Å²) in [7, 11) is 1.17. The molecule has 0 spiro atoms. The second-order valence-electron chi connectivity index (χ2n) is 10.9. The van der Waals surface area contributed by atoms with Crippen LogP contribution in [0.4, 0.5) is 0 Å². The molecule has 2 rings (SSSR count). The molecule has 2 aliphatic heterocycles. The van der Waals surface area contributed by atoms with Crippen molar-refractivity contribution >= 4 is 14.5 Å². The van der Waals surface area contributed by atoms with Crippen LogP contribution in [-0.4, -0.2) is 59.3 Å². The molecule has 2 heterocycles. The van der Waals surface area contributed by atoms with Gasteiger partial charge in [-0.3, -0.25) is 6.42 Å². The van der Waals surface area contributed by atoms with Gasteiger partial charge in [0.25, 0.3) is 0 Å². The maximum Gasteiger partial charge on any atom is 0.0852 e. The van der Waals surface area contributed by atoms with Gasteiger partial charge in [0.05, 0.1) is 18.3 Å². The fraction of sp³-hybridized carbons (Fsp3) is 0.913. The Morgan fingerprint density at radius 1 is 0.933 bits per heavy atom. The van der Waals surface area contributed by atoms with Crippen molar-refractivity contribution in [3.63, 3.8) is 0 Å². The Morgan fingerprint density at radius 2 is 1.47 bits per heavy atom. The van der Waals surface area contributed by atoms with Crippen LogP contribution in [0.15, 0.2) is 0 Å². The third-order valence-electron chi connectivity index (χ3n) is 5.30. The molecule has 0 aromatic rings. The molecule has 2 N–H and O–H groups in total. The van der Waals surface area contributed by atoms with Crippen molar-refractivity contribution in [1.82, 2.24) is 0 Å². The Bertz CT molecular complexity index is 471. The average molecular weight is 688 g/mol. The van der Waals surface area contributed by atoms with Gasteiger partial charge in [-0.1, -0.05) is 60.4 Å². The van der Waals surface area contributed by atoms with Gasteiger partial charge in [0.15, 0.2) is 0 Å². The van der Waals surface area contributed by atoms with Gasteiger partial charge in [0, 0.05) is 65.8 Å². The molecule has 0 bridgehead atoms. The van der Waals surface area contributed by atoms with Crippen molar-refractivity contribution in [3.05, 3.63) is 6.42 Å². The quantitative estimate of drug-likeness (QED) is 0.325. The first-order valence-corrected chi connectivity index (χ1v) is 11.9. The summed E-state index contributed by atoms with van der Waals surface area (Å²) in [5, 5.41) is 19.5. The van der Waals surface area contributed by atoms with Crippen molar-refractivity contribution in [2.24, 2.45) is 16.7 Å². The number of aliphatic hydroxyl groups is 2. The summed E-state index contributed by atoms with van der Waals surface area (Å²) in [6.45, 7) is 17.1. The van der Waals surface area contributed by atoms with Crippen LogP contribution in [0.25, 0.3) is 0 Å². The Balaban J connectivity index is 0. The number of hydrogen-bond acceptors (Lipinski definition) is 4. The standard InChI is InChI=1S/C13H25O2P.C10H19O2.W.Y/c1-9-12(14)10(8-13(2,3)4)11(15-9)6-7-16-5;1-7-9(11)5-8(12-7)6-10(2,3)4;;/h9-12,14H,5-8H2,1-4H3;5,7-9,11H,6H2,1-4H3;;/q;-1;;/t9?,10-,11?,12+;7?,8?,9-;;/m11../s1. The first kappa shape index (κ1) is 34.0. The van der Waals surface area contributed by atoms with Gasteiger partial charge in [-0.15, -0.1) is 8.20 Å². The Labute approximate surface area is 227 Å². The third-order valence-corrected chi connectivity index (χ3v) is 5.88. The fourth-order valence-electron chi connectivity index (χ4n) is 3.98. The van der Waals surface area contributed by atoms with Gasteiger partial charge in [0.1, 0.15) is 0 Å². The molecule has 7 heteroatoms. The molecule has 0 aromatic carbocycles. The molecule has 30 heavy (non-hydrogen) atoms. The molecular weight excluding hydrogens is 644 g/mol. The van der Waals surface area contributed by atoms with Gasteiger partial charge in [-0.25, -0.2) is 0 Å². The van der Waals surface area contributed by atoms with Crippen LogP contribution in [0.2, 0.25) is 0 Å². The first-order chi connectivity index (χ1) is 12.7. The molecule has 0 saturated carbocycles. The first-order valence-electron chi connectivity index (χ1n) is 10.7. The summed E-state index contributed by atoms with van der Waals surface area (Å²) in [6.07, 6.45) is 9.46. The molecule has 2 fully saturated rings. The summed E-state index contributed by atoms with van der Waals surface area (Å²) >= 11 is 0. The number of hydrogen-bond donors (Lipinski definition) is 2. The maximum atomic E-state index is 10.1. The summed E-state index contributed by atoms with van der Waals surface area (Å²) in [4.78, 5) is 0. The van der Waals surface area contributed by atoms with Gasteiger partial charge in [0.2, 0.25) is 0 Å². The molecule has 0 amide bonds. The summed E-state index contributed by atoms with van der Waals surface area (Å²) < 4.78 is 11.4. The molecule has 7 atom stereocenters. The van der Waals surface area contributed by atoms with E-state index in [1.165, 1.54) is 8.20 Å². The average Bonchev–Trinajstić information content (AvgIpc) is 2.96. The van der Waals surface area contributed by atoms with Crippen LogP contribution >= 0.6 is 8.20 Å². The minimum absolute atomic E-state index is 0. The number of ether oxygens (including phenoxy) is 2. The van der Waals surface area contributed by atoms with E-state index in [4.69, 9.17) is 9.47 Å². The van der Waals surface area contributed by atoms with E-state index in [1.54, 1.807) is 0 Å². The smallest absolute Gasteiger partial charge is 0.0852 e. The van der Waals surface area contributed by atoms with Crippen LogP contribution in [0, 0.1) is 23.2 Å². The van der Waals surface area contributed by atoms with Crippen LogP contribution in [0.3, 0.4) is 0 Å². The van der Waals surface area contributed by atoms with Crippen LogP contribution < -0.4 is 0 Å². The third kappa shape index (κ3) is 12.9. The van der Waals surface area contributed by atoms with Crippen LogP contribution in [0.5, 0.6) is 0 Å².